The summed E-state index contributed by atoms with van der Waals surface area (Å²) in [5.41, 5.74) is 0.0284. The minimum absolute atomic E-state index is 0.0284. The number of carboxylic acids is 1. The van der Waals surface area contributed by atoms with E-state index in [4.69, 9.17) is 15.1 Å². The Morgan fingerprint density at radius 2 is 2.19 bits per heavy atom. The van der Waals surface area contributed by atoms with E-state index in [0.717, 1.165) is 6.08 Å². The Balaban J connectivity index is 4.89. The van der Waals surface area contributed by atoms with Crippen molar-refractivity contribution >= 4 is 11.9 Å². The van der Waals surface area contributed by atoms with Crippen molar-refractivity contribution in [2.45, 2.75) is 13.8 Å². The maximum absolute atomic E-state index is 11.4. The predicted molar refractivity (Wildman–Crippen MR) is 56.3 cm³/mol. The molecule has 1 atom stereocenters. The highest BCUT2D eigenvalue weighted by atomic mass is 16.5. The standard InChI is InChI=1S/C11H13NO4/c1-3-16-11(15)9(5-4-6-12)7-8(2)10(13)14/h4-5,7,9H,3H2,1-2H3,(H,13,14). The van der Waals surface area contributed by atoms with Gasteiger partial charge in [0.2, 0.25) is 0 Å². The van der Waals surface area contributed by atoms with Gasteiger partial charge in [-0.2, -0.15) is 5.26 Å². The summed E-state index contributed by atoms with van der Waals surface area (Å²) < 4.78 is 4.74. The van der Waals surface area contributed by atoms with E-state index in [9.17, 15) is 9.59 Å². The lowest BCUT2D eigenvalue weighted by molar-refractivity contribution is -0.144. The molecule has 1 N–H and O–H groups in total. The minimum Gasteiger partial charge on any atom is -0.478 e. The zero-order valence-corrected chi connectivity index (χ0v) is 9.14. The van der Waals surface area contributed by atoms with Gasteiger partial charge in [-0.05, 0) is 13.8 Å². The van der Waals surface area contributed by atoms with E-state index in [1.165, 1.54) is 19.1 Å². The van der Waals surface area contributed by atoms with Crippen LogP contribution in [0.2, 0.25) is 0 Å². The molecule has 5 heteroatoms. The number of carboxylic acid groups (broad SMARTS) is 1. The third-order valence-corrected chi connectivity index (χ3v) is 1.70. The van der Waals surface area contributed by atoms with Crippen molar-refractivity contribution in [3.8, 4) is 6.07 Å². The van der Waals surface area contributed by atoms with Crippen LogP contribution in [-0.4, -0.2) is 23.7 Å². The van der Waals surface area contributed by atoms with Gasteiger partial charge in [-0.3, -0.25) is 4.79 Å². The molecule has 0 aromatic rings. The lowest BCUT2D eigenvalue weighted by Crippen LogP contribution is -2.15. The van der Waals surface area contributed by atoms with Crippen LogP contribution in [0.1, 0.15) is 13.8 Å². The van der Waals surface area contributed by atoms with Crippen LogP contribution < -0.4 is 0 Å². The SMILES string of the molecule is CCOC(=O)C(C=CC#N)C=C(C)C(=O)O. The second-order valence-electron chi connectivity index (χ2n) is 2.92. The van der Waals surface area contributed by atoms with Crippen LogP contribution in [0.4, 0.5) is 0 Å². The Labute approximate surface area is 93.6 Å². The normalized spacial score (nSPS) is 13.2. The fraction of sp³-hybridized carbons (Fsp3) is 0.364. The fourth-order valence-electron chi connectivity index (χ4n) is 0.928. The lowest BCUT2D eigenvalue weighted by atomic mass is 10.1. The fourth-order valence-corrected chi connectivity index (χ4v) is 0.928. The summed E-state index contributed by atoms with van der Waals surface area (Å²) in [4.78, 5) is 22.0. The molecule has 0 saturated heterocycles. The number of carbonyl (C=O) groups is 2. The molecule has 0 aliphatic heterocycles. The number of nitrogens with zero attached hydrogens (tertiary/aromatic N) is 1. The zero-order valence-electron chi connectivity index (χ0n) is 9.14. The molecule has 0 aromatic heterocycles. The minimum atomic E-state index is -1.11. The highest BCUT2D eigenvalue weighted by Crippen LogP contribution is 2.08. The van der Waals surface area contributed by atoms with Crippen LogP contribution in [0, 0.1) is 17.2 Å². The van der Waals surface area contributed by atoms with Crippen molar-refractivity contribution < 1.29 is 19.4 Å². The third-order valence-electron chi connectivity index (χ3n) is 1.70. The molecule has 0 bridgehead atoms. The maximum atomic E-state index is 11.4. The van der Waals surface area contributed by atoms with Gasteiger partial charge in [-0.1, -0.05) is 12.2 Å². The van der Waals surface area contributed by atoms with E-state index in [1.54, 1.807) is 13.0 Å². The summed E-state index contributed by atoms with van der Waals surface area (Å²) in [5.74, 6) is -2.52. The summed E-state index contributed by atoms with van der Waals surface area (Å²) in [7, 11) is 0. The smallest absolute Gasteiger partial charge is 0.330 e. The van der Waals surface area contributed by atoms with Crippen molar-refractivity contribution in [2.24, 2.45) is 5.92 Å². The Bertz CT molecular complexity index is 363. The first kappa shape index (κ1) is 13.9. The van der Waals surface area contributed by atoms with Gasteiger partial charge in [0.05, 0.1) is 18.6 Å². The van der Waals surface area contributed by atoms with Gasteiger partial charge < -0.3 is 9.84 Å². The molecule has 0 saturated carbocycles. The first-order valence-corrected chi connectivity index (χ1v) is 4.67. The Morgan fingerprint density at radius 3 is 2.62 bits per heavy atom. The Kier molecular flexibility index (Phi) is 6.29. The molecule has 0 aromatic carbocycles. The average molecular weight is 223 g/mol. The number of aliphatic carboxylic acids is 1. The van der Waals surface area contributed by atoms with Crippen molar-refractivity contribution in [2.75, 3.05) is 6.61 Å². The predicted octanol–water partition coefficient (Wildman–Crippen LogP) is 1.28. The third kappa shape index (κ3) is 4.96. The van der Waals surface area contributed by atoms with Gasteiger partial charge in [0.15, 0.2) is 0 Å². The number of hydrogen-bond donors (Lipinski definition) is 1. The van der Waals surface area contributed by atoms with Crippen LogP contribution in [0.15, 0.2) is 23.8 Å². The van der Waals surface area contributed by atoms with Crippen molar-refractivity contribution in [1.82, 2.24) is 0 Å². The highest BCUT2D eigenvalue weighted by Gasteiger charge is 2.15. The number of esters is 1. The van der Waals surface area contributed by atoms with Crippen LogP contribution in [0.25, 0.3) is 0 Å². The van der Waals surface area contributed by atoms with Crippen molar-refractivity contribution in [3.05, 3.63) is 23.8 Å². The summed E-state index contributed by atoms with van der Waals surface area (Å²) in [6, 6.07) is 1.73. The molecule has 0 amide bonds. The molecule has 86 valence electrons. The van der Waals surface area contributed by atoms with Crippen LogP contribution >= 0.6 is 0 Å². The number of ether oxygens (including phenoxy) is 1. The second kappa shape index (κ2) is 7.23. The zero-order chi connectivity index (χ0) is 12.6. The summed E-state index contributed by atoms with van der Waals surface area (Å²) in [6.07, 6.45) is 3.66. The van der Waals surface area contributed by atoms with Gasteiger partial charge in [0, 0.05) is 11.6 Å². The number of nitriles is 1. The van der Waals surface area contributed by atoms with Gasteiger partial charge in [0.1, 0.15) is 0 Å². The van der Waals surface area contributed by atoms with Crippen molar-refractivity contribution in [3.63, 3.8) is 0 Å². The van der Waals surface area contributed by atoms with Gasteiger partial charge in [-0.25, -0.2) is 4.79 Å². The number of allylic oxidation sites excluding steroid dienone is 1. The number of rotatable bonds is 5. The Hall–Kier alpha value is -2.09. The largest absolute Gasteiger partial charge is 0.478 e. The highest BCUT2D eigenvalue weighted by molar-refractivity contribution is 5.87. The van der Waals surface area contributed by atoms with Crippen LogP contribution in [0.5, 0.6) is 0 Å². The topological polar surface area (TPSA) is 87.4 Å². The van der Waals surface area contributed by atoms with E-state index >= 15 is 0 Å². The lowest BCUT2D eigenvalue weighted by Gasteiger charge is -2.07. The van der Waals surface area contributed by atoms with Crippen molar-refractivity contribution in [1.29, 1.82) is 5.26 Å². The Morgan fingerprint density at radius 1 is 1.56 bits per heavy atom. The molecular weight excluding hydrogens is 210 g/mol. The average Bonchev–Trinajstić information content (AvgIpc) is 2.23. The summed E-state index contributed by atoms with van der Waals surface area (Å²) >= 11 is 0. The number of hydrogen-bond acceptors (Lipinski definition) is 4. The van der Waals surface area contributed by atoms with Gasteiger partial charge in [-0.15, -0.1) is 0 Å². The van der Waals surface area contributed by atoms with E-state index in [2.05, 4.69) is 0 Å². The molecule has 1 unspecified atom stereocenters. The monoisotopic (exact) mass is 223 g/mol. The maximum Gasteiger partial charge on any atom is 0.330 e. The molecule has 16 heavy (non-hydrogen) atoms. The first-order valence-electron chi connectivity index (χ1n) is 4.67. The molecule has 0 rings (SSSR count). The number of carbonyl (C=O) groups excluding carboxylic acids is 1. The molecule has 0 aliphatic rings. The quantitative estimate of drug-likeness (QED) is 0.431. The summed E-state index contributed by atoms with van der Waals surface area (Å²) in [6.45, 7) is 3.22. The van der Waals surface area contributed by atoms with Gasteiger partial charge >= 0.3 is 11.9 Å². The second-order valence-corrected chi connectivity index (χ2v) is 2.92. The van der Waals surface area contributed by atoms with Crippen LogP contribution in [0.3, 0.4) is 0 Å². The van der Waals surface area contributed by atoms with E-state index in [1.807, 2.05) is 0 Å². The molecule has 0 heterocycles. The molecule has 0 aliphatic carbocycles. The van der Waals surface area contributed by atoms with E-state index in [-0.39, 0.29) is 12.2 Å². The van der Waals surface area contributed by atoms with Crippen LogP contribution in [-0.2, 0) is 14.3 Å². The van der Waals surface area contributed by atoms with Gasteiger partial charge in [0.25, 0.3) is 0 Å². The molecular formula is C11H13NO4. The molecule has 0 spiro atoms. The first-order chi connectivity index (χ1) is 7.52. The van der Waals surface area contributed by atoms with E-state index < -0.39 is 17.9 Å². The molecule has 0 fully saturated rings. The summed E-state index contributed by atoms with van der Waals surface area (Å²) in [5, 5.41) is 17.0. The molecule has 0 radical (unpaired) electrons. The van der Waals surface area contributed by atoms with E-state index in [0.29, 0.717) is 0 Å². The molecule has 5 nitrogen and oxygen atoms in total.